The van der Waals surface area contributed by atoms with E-state index < -0.39 is 35.5 Å². The monoisotopic (exact) mass is 468 g/mol. The number of carbonyl (C=O) groups excluding carboxylic acids is 4. The van der Waals surface area contributed by atoms with E-state index in [2.05, 4.69) is 17.1 Å². The van der Waals surface area contributed by atoms with Crippen LogP contribution in [0.1, 0.15) is 59.7 Å². The maximum absolute atomic E-state index is 15.2. The van der Waals surface area contributed by atoms with Gasteiger partial charge in [0.15, 0.2) is 0 Å². The second-order valence-electron chi connectivity index (χ2n) is 10.7. The predicted octanol–water partition coefficient (Wildman–Crippen LogP) is 1.78. The van der Waals surface area contributed by atoms with E-state index in [1.807, 2.05) is 4.90 Å². The molecule has 1 aliphatic carbocycles. The second kappa shape index (κ2) is 7.86. The molecule has 180 valence electrons. The first-order valence-electron chi connectivity index (χ1n) is 12.3. The average Bonchev–Trinajstić information content (AvgIpc) is 3.33. The highest BCUT2D eigenvalue weighted by Crippen LogP contribution is 2.45. The number of rotatable bonds is 4. The summed E-state index contributed by atoms with van der Waals surface area (Å²) in [6.07, 6.45) is 3.44. The van der Waals surface area contributed by atoms with Crippen molar-refractivity contribution in [2.75, 3.05) is 31.1 Å². The molecule has 1 aromatic rings. The number of hydrogen-bond donors (Lipinski definition) is 1. The van der Waals surface area contributed by atoms with Crippen molar-refractivity contribution in [3.8, 4) is 0 Å². The summed E-state index contributed by atoms with van der Waals surface area (Å²) >= 11 is 0. The molecule has 1 saturated carbocycles. The standard InChI is InChI=1S/C25H29FN4O4/c1-13-6-14(10-28-11-15-7-16(15)12-28)4-5-29(13)21-9-18-17(8-19(21)26)24(33)30(25(18)34)20-2-3-22(31)27-23(20)32/h8-9,13-16,20H,2-7,10-12H2,1H3,(H,27,31,32). The van der Waals surface area contributed by atoms with Gasteiger partial charge in [-0.2, -0.15) is 0 Å². The zero-order valence-corrected chi connectivity index (χ0v) is 19.3. The van der Waals surface area contributed by atoms with Gasteiger partial charge in [-0.05, 0) is 62.5 Å². The van der Waals surface area contributed by atoms with Crippen molar-refractivity contribution in [1.82, 2.24) is 15.1 Å². The molecule has 0 aromatic heterocycles. The van der Waals surface area contributed by atoms with Gasteiger partial charge in [0.05, 0.1) is 16.8 Å². The first-order chi connectivity index (χ1) is 16.3. The molecule has 6 rings (SSSR count). The van der Waals surface area contributed by atoms with Crippen molar-refractivity contribution in [3.05, 3.63) is 29.1 Å². The van der Waals surface area contributed by atoms with Crippen molar-refractivity contribution in [2.45, 2.75) is 51.1 Å². The molecule has 4 amide bonds. The van der Waals surface area contributed by atoms with E-state index in [4.69, 9.17) is 0 Å². The van der Waals surface area contributed by atoms with Crippen LogP contribution in [-0.4, -0.2) is 71.7 Å². The topological polar surface area (TPSA) is 90.0 Å². The molecule has 0 radical (unpaired) electrons. The van der Waals surface area contributed by atoms with Crippen LogP contribution < -0.4 is 10.2 Å². The van der Waals surface area contributed by atoms with Crippen LogP contribution in [0.3, 0.4) is 0 Å². The largest absolute Gasteiger partial charge is 0.366 e. The summed E-state index contributed by atoms with van der Waals surface area (Å²) in [6.45, 7) is 6.33. The number of nitrogens with one attached hydrogen (secondary N) is 1. The number of carbonyl (C=O) groups is 4. The lowest BCUT2D eigenvalue weighted by Crippen LogP contribution is -2.54. The first kappa shape index (κ1) is 21.7. The van der Waals surface area contributed by atoms with Crippen LogP contribution in [0.15, 0.2) is 12.1 Å². The minimum atomic E-state index is -1.05. The van der Waals surface area contributed by atoms with Crippen LogP contribution in [0, 0.1) is 23.6 Å². The summed E-state index contributed by atoms with van der Waals surface area (Å²) in [7, 11) is 0. The van der Waals surface area contributed by atoms with E-state index in [9.17, 15) is 19.2 Å². The lowest BCUT2D eigenvalue weighted by molar-refractivity contribution is -0.136. The Hall–Kier alpha value is -2.81. The predicted molar refractivity (Wildman–Crippen MR) is 121 cm³/mol. The number of benzene rings is 1. The molecule has 8 nitrogen and oxygen atoms in total. The first-order valence-corrected chi connectivity index (χ1v) is 12.3. The number of nitrogens with zero attached hydrogens (tertiary/aromatic N) is 3. The lowest BCUT2D eigenvalue weighted by atomic mass is 9.90. The number of piperidine rings is 3. The summed E-state index contributed by atoms with van der Waals surface area (Å²) < 4.78 is 15.2. The maximum Gasteiger partial charge on any atom is 0.262 e. The average molecular weight is 469 g/mol. The Morgan fingerprint density at radius 3 is 2.38 bits per heavy atom. The molecular formula is C25H29FN4O4. The van der Waals surface area contributed by atoms with Gasteiger partial charge in [0.2, 0.25) is 11.8 Å². The molecule has 0 bridgehead atoms. The molecule has 4 aliphatic heterocycles. The minimum Gasteiger partial charge on any atom is -0.366 e. The van der Waals surface area contributed by atoms with Crippen molar-refractivity contribution >= 4 is 29.3 Å². The van der Waals surface area contributed by atoms with Crippen molar-refractivity contribution < 1.29 is 23.6 Å². The third-order valence-corrected chi connectivity index (χ3v) is 8.37. The highest BCUT2D eigenvalue weighted by Gasteiger charge is 2.47. The van der Waals surface area contributed by atoms with E-state index in [1.165, 1.54) is 25.6 Å². The second-order valence-corrected chi connectivity index (χ2v) is 10.7. The Morgan fingerprint density at radius 2 is 1.71 bits per heavy atom. The van der Waals surface area contributed by atoms with Gasteiger partial charge in [0.1, 0.15) is 11.9 Å². The van der Waals surface area contributed by atoms with Crippen LogP contribution in [0.2, 0.25) is 0 Å². The molecule has 1 N–H and O–H groups in total. The lowest BCUT2D eigenvalue weighted by Gasteiger charge is -2.40. The zero-order valence-electron chi connectivity index (χ0n) is 19.3. The van der Waals surface area contributed by atoms with Crippen LogP contribution >= 0.6 is 0 Å². The SMILES string of the molecule is CC1CC(CN2CC3CC3C2)CCN1c1cc2c(cc1F)C(=O)N(C1CCC(=O)NC1=O)C2=O. The number of hydrogen-bond acceptors (Lipinski definition) is 6. The van der Waals surface area contributed by atoms with Gasteiger partial charge in [-0.1, -0.05) is 0 Å². The Bertz CT molecular complexity index is 1100. The van der Waals surface area contributed by atoms with Crippen LogP contribution in [0.5, 0.6) is 0 Å². The van der Waals surface area contributed by atoms with E-state index in [0.29, 0.717) is 18.2 Å². The molecule has 34 heavy (non-hydrogen) atoms. The quantitative estimate of drug-likeness (QED) is 0.678. The van der Waals surface area contributed by atoms with Gasteiger partial charge in [0, 0.05) is 38.6 Å². The molecule has 5 unspecified atom stereocenters. The summed E-state index contributed by atoms with van der Waals surface area (Å²) in [5.41, 5.74) is 0.432. The van der Waals surface area contributed by atoms with Gasteiger partial charge in [0.25, 0.3) is 11.8 Å². The molecule has 3 saturated heterocycles. The molecule has 5 aliphatic rings. The summed E-state index contributed by atoms with van der Waals surface area (Å²) in [5, 5.41) is 2.18. The van der Waals surface area contributed by atoms with Crippen LogP contribution in [0.4, 0.5) is 10.1 Å². The summed E-state index contributed by atoms with van der Waals surface area (Å²) in [5.74, 6) is -0.512. The molecule has 4 fully saturated rings. The summed E-state index contributed by atoms with van der Waals surface area (Å²) in [6, 6.07) is 1.66. The maximum atomic E-state index is 15.2. The highest BCUT2D eigenvalue weighted by molar-refractivity contribution is 6.23. The molecule has 9 heteroatoms. The minimum absolute atomic E-state index is 0.0221. The fourth-order valence-electron chi connectivity index (χ4n) is 6.50. The molecule has 1 aromatic carbocycles. The van der Waals surface area contributed by atoms with E-state index in [1.54, 1.807) is 0 Å². The van der Waals surface area contributed by atoms with Crippen LogP contribution in [-0.2, 0) is 9.59 Å². The molecular weight excluding hydrogens is 439 g/mol. The third-order valence-electron chi connectivity index (χ3n) is 8.37. The van der Waals surface area contributed by atoms with E-state index >= 15 is 4.39 Å². The number of anilines is 1. The van der Waals surface area contributed by atoms with E-state index in [-0.39, 0.29) is 30.0 Å². The Morgan fingerprint density at radius 1 is 1.00 bits per heavy atom. The molecule has 0 spiro atoms. The van der Waals surface area contributed by atoms with Gasteiger partial charge < -0.3 is 9.80 Å². The molecule has 5 atom stereocenters. The van der Waals surface area contributed by atoms with Gasteiger partial charge in [-0.15, -0.1) is 0 Å². The van der Waals surface area contributed by atoms with Crippen molar-refractivity contribution in [1.29, 1.82) is 0 Å². The van der Waals surface area contributed by atoms with Gasteiger partial charge >= 0.3 is 0 Å². The van der Waals surface area contributed by atoms with Gasteiger partial charge in [-0.25, -0.2) is 4.39 Å². The summed E-state index contributed by atoms with van der Waals surface area (Å²) in [4.78, 5) is 55.3. The Balaban J connectivity index is 1.19. The number of fused-ring (bicyclic) bond motifs is 2. The van der Waals surface area contributed by atoms with Crippen LogP contribution in [0.25, 0.3) is 0 Å². The Labute approximate surface area is 197 Å². The number of amides is 4. The smallest absolute Gasteiger partial charge is 0.262 e. The number of likely N-dealkylation sites (tertiary alicyclic amines) is 1. The Kier molecular flexibility index (Phi) is 5.02. The number of imide groups is 2. The van der Waals surface area contributed by atoms with Gasteiger partial charge in [-0.3, -0.25) is 29.4 Å². The third kappa shape index (κ3) is 3.52. The zero-order chi connectivity index (χ0) is 23.7. The fourth-order valence-corrected chi connectivity index (χ4v) is 6.50. The highest BCUT2D eigenvalue weighted by atomic mass is 19.1. The molecule has 4 heterocycles. The van der Waals surface area contributed by atoms with Crippen molar-refractivity contribution in [3.63, 3.8) is 0 Å². The van der Waals surface area contributed by atoms with E-state index in [0.717, 1.165) is 42.2 Å². The van der Waals surface area contributed by atoms with Crippen molar-refractivity contribution in [2.24, 2.45) is 17.8 Å². The number of halogens is 1. The fraction of sp³-hybridized carbons (Fsp3) is 0.600. The normalized spacial score (nSPS) is 33.3.